The van der Waals surface area contributed by atoms with E-state index >= 15 is 0 Å². The lowest BCUT2D eigenvalue weighted by molar-refractivity contribution is -0.122. The van der Waals surface area contributed by atoms with Crippen molar-refractivity contribution in [2.45, 2.75) is 59.3 Å². The third kappa shape index (κ3) is 4.70. The van der Waals surface area contributed by atoms with Crippen molar-refractivity contribution in [1.29, 1.82) is 0 Å². The molecule has 1 aliphatic carbocycles. The summed E-state index contributed by atoms with van der Waals surface area (Å²) in [4.78, 5) is 21.9. The number of benzene rings is 2. The lowest BCUT2D eigenvalue weighted by Gasteiger charge is -2.29. The van der Waals surface area contributed by atoms with Crippen LogP contribution in [0.3, 0.4) is 0 Å². The van der Waals surface area contributed by atoms with Gasteiger partial charge in [0, 0.05) is 21.4 Å². The summed E-state index contributed by atoms with van der Waals surface area (Å²) in [5, 5.41) is 1.48. The molecule has 1 saturated carbocycles. The van der Waals surface area contributed by atoms with E-state index in [1.54, 1.807) is 11.3 Å². The average molecular weight is 453 g/mol. The normalized spacial score (nSPS) is 14.6. The molecule has 0 atom stereocenters. The molecule has 0 saturated heterocycles. The molecule has 1 aromatic heterocycles. The summed E-state index contributed by atoms with van der Waals surface area (Å²) in [7, 11) is 0. The number of rotatable bonds is 5. The SMILES string of the molecule is CCc1sc(N(C(=O)C2CCCCC2)c2ccc(C)cc2C)nc1-c1ccc(Cl)cc1. The quantitative estimate of drug-likeness (QED) is 0.394. The van der Waals surface area contributed by atoms with Crippen LogP contribution in [0.1, 0.15) is 55.0 Å². The van der Waals surface area contributed by atoms with Crippen LogP contribution < -0.4 is 4.90 Å². The molecule has 3 aromatic rings. The molecule has 5 heteroatoms. The fourth-order valence-electron chi connectivity index (χ4n) is 4.41. The third-order valence-electron chi connectivity index (χ3n) is 6.08. The van der Waals surface area contributed by atoms with E-state index in [2.05, 4.69) is 39.0 Å². The van der Waals surface area contributed by atoms with Crippen LogP contribution in [-0.2, 0) is 11.2 Å². The molecular weight excluding hydrogens is 424 g/mol. The van der Waals surface area contributed by atoms with Crippen molar-refractivity contribution >= 4 is 39.7 Å². The first kappa shape index (κ1) is 22.0. The van der Waals surface area contributed by atoms with Gasteiger partial charge in [0.1, 0.15) is 0 Å². The number of carbonyl (C=O) groups is 1. The minimum Gasteiger partial charge on any atom is -0.274 e. The Morgan fingerprint density at radius 1 is 1.10 bits per heavy atom. The zero-order valence-corrected chi connectivity index (χ0v) is 20.0. The van der Waals surface area contributed by atoms with Gasteiger partial charge in [-0.25, -0.2) is 4.98 Å². The van der Waals surface area contributed by atoms with Crippen LogP contribution in [0.5, 0.6) is 0 Å². The van der Waals surface area contributed by atoms with E-state index in [-0.39, 0.29) is 11.8 Å². The van der Waals surface area contributed by atoms with Gasteiger partial charge >= 0.3 is 0 Å². The first-order valence-electron chi connectivity index (χ1n) is 11.1. The molecule has 1 heterocycles. The lowest BCUT2D eigenvalue weighted by Crippen LogP contribution is -2.34. The monoisotopic (exact) mass is 452 g/mol. The van der Waals surface area contributed by atoms with Gasteiger partial charge < -0.3 is 0 Å². The van der Waals surface area contributed by atoms with Crippen LogP contribution in [0.4, 0.5) is 10.8 Å². The van der Waals surface area contributed by atoms with Crippen molar-refractivity contribution < 1.29 is 4.79 Å². The van der Waals surface area contributed by atoms with Gasteiger partial charge in [0.2, 0.25) is 5.91 Å². The molecule has 3 nitrogen and oxygen atoms in total. The number of nitrogens with zero attached hydrogens (tertiary/aromatic N) is 2. The third-order valence-corrected chi connectivity index (χ3v) is 7.52. The fourth-order valence-corrected chi connectivity index (χ4v) is 5.58. The second kappa shape index (κ2) is 9.54. The van der Waals surface area contributed by atoms with E-state index in [4.69, 9.17) is 16.6 Å². The number of amides is 1. The van der Waals surface area contributed by atoms with E-state index in [0.29, 0.717) is 5.02 Å². The van der Waals surface area contributed by atoms with Gasteiger partial charge in [-0.2, -0.15) is 0 Å². The molecule has 0 N–H and O–H groups in total. The maximum atomic E-state index is 13.8. The number of aryl methyl sites for hydroxylation is 3. The summed E-state index contributed by atoms with van der Waals surface area (Å²) < 4.78 is 0. The minimum atomic E-state index is 0.0717. The smallest absolute Gasteiger partial charge is 0.236 e. The van der Waals surface area contributed by atoms with Crippen molar-refractivity contribution in [3.05, 3.63) is 63.5 Å². The molecular formula is C26H29ClN2OS. The Morgan fingerprint density at radius 3 is 2.45 bits per heavy atom. The Hall–Kier alpha value is -2.17. The molecule has 1 amide bonds. The van der Waals surface area contributed by atoms with Gasteiger partial charge in [-0.1, -0.05) is 67.6 Å². The first-order valence-corrected chi connectivity index (χ1v) is 12.3. The standard InChI is InChI=1S/C26H29ClN2OS/c1-4-23-24(19-11-13-21(27)14-12-19)28-26(31-23)29(22-15-10-17(2)16-18(22)3)25(30)20-8-6-5-7-9-20/h10-16,20H,4-9H2,1-3H3. The van der Waals surface area contributed by atoms with Gasteiger partial charge in [-0.15, -0.1) is 11.3 Å². The topological polar surface area (TPSA) is 33.2 Å². The number of anilines is 2. The molecule has 0 bridgehead atoms. The van der Waals surface area contributed by atoms with E-state index in [1.807, 2.05) is 29.2 Å². The Morgan fingerprint density at radius 2 is 1.81 bits per heavy atom. The summed E-state index contributed by atoms with van der Waals surface area (Å²) in [6, 6.07) is 14.1. The highest BCUT2D eigenvalue weighted by Gasteiger charge is 2.31. The summed E-state index contributed by atoms with van der Waals surface area (Å²) in [5.41, 5.74) is 5.23. The van der Waals surface area contributed by atoms with Crippen molar-refractivity contribution in [1.82, 2.24) is 4.98 Å². The summed E-state index contributed by atoms with van der Waals surface area (Å²) >= 11 is 7.72. The van der Waals surface area contributed by atoms with E-state index in [0.717, 1.165) is 59.7 Å². The average Bonchev–Trinajstić information content (AvgIpc) is 3.20. The Balaban J connectivity index is 1.81. The molecule has 0 unspecified atom stereocenters. The van der Waals surface area contributed by atoms with Crippen LogP contribution in [0.2, 0.25) is 5.02 Å². The summed E-state index contributed by atoms with van der Waals surface area (Å²) in [6.45, 7) is 6.31. The van der Waals surface area contributed by atoms with Crippen LogP contribution in [0, 0.1) is 19.8 Å². The molecule has 0 spiro atoms. The number of hydrogen-bond acceptors (Lipinski definition) is 3. The van der Waals surface area contributed by atoms with Gasteiger partial charge in [-0.3, -0.25) is 9.69 Å². The molecule has 1 aliphatic rings. The predicted molar refractivity (Wildman–Crippen MR) is 132 cm³/mol. The maximum Gasteiger partial charge on any atom is 0.236 e. The summed E-state index contributed by atoms with van der Waals surface area (Å²) in [5.74, 6) is 0.258. The van der Waals surface area contributed by atoms with Gasteiger partial charge in [0.05, 0.1) is 11.4 Å². The first-order chi connectivity index (χ1) is 15.0. The molecule has 0 aliphatic heterocycles. The van der Waals surface area contributed by atoms with Gasteiger partial charge in [0.25, 0.3) is 0 Å². The molecule has 4 rings (SSSR count). The van der Waals surface area contributed by atoms with Crippen LogP contribution >= 0.6 is 22.9 Å². The molecule has 1 fully saturated rings. The fraction of sp³-hybridized carbons (Fsp3) is 0.385. The van der Waals surface area contributed by atoms with Crippen molar-refractivity contribution in [2.24, 2.45) is 5.92 Å². The summed E-state index contributed by atoms with van der Waals surface area (Å²) in [6.07, 6.45) is 6.29. The Bertz CT molecular complexity index is 1070. The van der Waals surface area contributed by atoms with E-state index < -0.39 is 0 Å². The Labute approximate surface area is 194 Å². The van der Waals surface area contributed by atoms with Crippen LogP contribution in [0.15, 0.2) is 42.5 Å². The highest BCUT2D eigenvalue weighted by molar-refractivity contribution is 7.16. The second-order valence-electron chi connectivity index (χ2n) is 8.43. The number of thiazole rings is 1. The second-order valence-corrected chi connectivity index (χ2v) is 9.93. The van der Waals surface area contributed by atoms with Gasteiger partial charge in [0.15, 0.2) is 5.13 Å². The molecule has 0 radical (unpaired) electrons. The lowest BCUT2D eigenvalue weighted by atomic mass is 9.88. The predicted octanol–water partition coefficient (Wildman–Crippen LogP) is 7.89. The maximum absolute atomic E-state index is 13.8. The zero-order valence-electron chi connectivity index (χ0n) is 18.5. The highest BCUT2D eigenvalue weighted by atomic mass is 35.5. The van der Waals surface area contributed by atoms with Crippen molar-refractivity contribution in [2.75, 3.05) is 4.90 Å². The van der Waals surface area contributed by atoms with Crippen LogP contribution in [0.25, 0.3) is 11.3 Å². The molecule has 2 aromatic carbocycles. The van der Waals surface area contributed by atoms with Crippen molar-refractivity contribution in [3.63, 3.8) is 0 Å². The number of aromatic nitrogens is 1. The highest BCUT2D eigenvalue weighted by Crippen LogP contribution is 2.40. The molecule has 31 heavy (non-hydrogen) atoms. The van der Waals surface area contributed by atoms with E-state index in [1.165, 1.54) is 16.9 Å². The van der Waals surface area contributed by atoms with Crippen molar-refractivity contribution in [3.8, 4) is 11.3 Å². The molecule has 162 valence electrons. The van der Waals surface area contributed by atoms with Crippen LogP contribution in [-0.4, -0.2) is 10.9 Å². The zero-order chi connectivity index (χ0) is 22.0. The largest absolute Gasteiger partial charge is 0.274 e. The minimum absolute atomic E-state index is 0.0717. The number of carbonyl (C=O) groups excluding carboxylic acids is 1. The Kier molecular flexibility index (Phi) is 6.78. The van der Waals surface area contributed by atoms with E-state index in [9.17, 15) is 4.79 Å². The number of halogens is 1. The van der Waals surface area contributed by atoms with Gasteiger partial charge in [-0.05, 0) is 56.9 Å². The number of hydrogen-bond donors (Lipinski definition) is 0.